The summed E-state index contributed by atoms with van der Waals surface area (Å²) in [6.45, 7) is 4.16. The van der Waals surface area contributed by atoms with Crippen molar-refractivity contribution in [3.05, 3.63) is 58.6 Å². The molecule has 0 aliphatic carbocycles. The van der Waals surface area contributed by atoms with Crippen LogP contribution in [0.1, 0.15) is 35.7 Å². The van der Waals surface area contributed by atoms with Crippen molar-refractivity contribution in [2.24, 2.45) is 0 Å². The van der Waals surface area contributed by atoms with Crippen molar-refractivity contribution >= 4 is 17.6 Å². The van der Waals surface area contributed by atoms with Crippen molar-refractivity contribution in [3.63, 3.8) is 0 Å². The van der Waals surface area contributed by atoms with Gasteiger partial charge in [0, 0.05) is 0 Å². The highest BCUT2D eigenvalue weighted by molar-refractivity contribution is 6.32. The molecule has 0 aliphatic rings. The number of benzene rings is 2. The lowest BCUT2D eigenvalue weighted by Crippen LogP contribution is -2.00. The lowest BCUT2D eigenvalue weighted by molar-refractivity contribution is 0.0694. The van der Waals surface area contributed by atoms with Gasteiger partial charge in [-0.1, -0.05) is 43.6 Å². The minimum absolute atomic E-state index is 0.0486. The first kappa shape index (κ1) is 14.4. The van der Waals surface area contributed by atoms with Crippen LogP contribution < -0.4 is 4.74 Å². The summed E-state index contributed by atoms with van der Waals surface area (Å²) in [6.07, 6.45) is 0. The summed E-state index contributed by atoms with van der Waals surface area (Å²) < 4.78 is 5.68. The van der Waals surface area contributed by atoms with Crippen LogP contribution in [0.15, 0.2) is 42.5 Å². The topological polar surface area (TPSA) is 46.5 Å². The zero-order chi connectivity index (χ0) is 14.7. The average Bonchev–Trinajstić information content (AvgIpc) is 2.41. The second-order valence-corrected chi connectivity index (χ2v) is 5.16. The lowest BCUT2D eigenvalue weighted by Gasteiger charge is -2.12. The molecule has 1 N–H and O–H groups in total. The fraction of sp³-hybridized carbons (Fsp3) is 0.188. The minimum atomic E-state index is -1.07. The Labute approximate surface area is 122 Å². The van der Waals surface area contributed by atoms with Crippen LogP contribution in [-0.2, 0) is 0 Å². The third-order valence-corrected chi connectivity index (χ3v) is 3.24. The summed E-state index contributed by atoms with van der Waals surface area (Å²) in [4.78, 5) is 11.2. The minimum Gasteiger partial charge on any atom is -0.478 e. The van der Waals surface area contributed by atoms with Crippen LogP contribution in [0.25, 0.3) is 0 Å². The second kappa shape index (κ2) is 5.97. The third-order valence-electron chi connectivity index (χ3n) is 2.94. The monoisotopic (exact) mass is 290 g/mol. The molecule has 0 amide bonds. The molecule has 2 aromatic rings. The van der Waals surface area contributed by atoms with Crippen LogP contribution in [0.3, 0.4) is 0 Å². The number of aromatic carboxylic acids is 1. The van der Waals surface area contributed by atoms with Gasteiger partial charge in [-0.2, -0.15) is 0 Å². The molecule has 0 atom stereocenters. The summed E-state index contributed by atoms with van der Waals surface area (Å²) in [7, 11) is 0. The van der Waals surface area contributed by atoms with E-state index in [1.165, 1.54) is 6.07 Å². The molecule has 0 radical (unpaired) electrons. The molecular weight excluding hydrogens is 276 g/mol. The summed E-state index contributed by atoms with van der Waals surface area (Å²) in [5, 5.41) is 9.45. The molecule has 0 unspecified atom stereocenters. The van der Waals surface area contributed by atoms with Gasteiger partial charge in [0.05, 0.1) is 5.02 Å². The zero-order valence-electron chi connectivity index (χ0n) is 11.3. The molecule has 4 heteroatoms. The van der Waals surface area contributed by atoms with Crippen molar-refractivity contribution in [3.8, 4) is 11.5 Å². The van der Waals surface area contributed by atoms with Crippen molar-refractivity contribution < 1.29 is 14.6 Å². The number of carbonyl (C=O) groups is 1. The van der Waals surface area contributed by atoms with Gasteiger partial charge in [-0.3, -0.25) is 0 Å². The number of ether oxygens (including phenoxy) is 1. The Morgan fingerprint density at radius 1 is 1.20 bits per heavy atom. The van der Waals surface area contributed by atoms with E-state index in [0.717, 1.165) is 5.56 Å². The van der Waals surface area contributed by atoms with Crippen LogP contribution in [0.2, 0.25) is 5.02 Å². The number of carboxylic acids is 1. The molecular formula is C16H15ClO3. The van der Waals surface area contributed by atoms with Crippen molar-refractivity contribution in [2.75, 3.05) is 0 Å². The molecule has 0 aromatic heterocycles. The number of carboxylic acid groups (broad SMARTS) is 1. The van der Waals surface area contributed by atoms with E-state index in [0.29, 0.717) is 11.7 Å². The Hall–Kier alpha value is -2.00. The van der Waals surface area contributed by atoms with Gasteiger partial charge in [0.25, 0.3) is 0 Å². The van der Waals surface area contributed by atoms with Gasteiger partial charge in [0.2, 0.25) is 0 Å². The van der Waals surface area contributed by atoms with Gasteiger partial charge in [-0.05, 0) is 35.7 Å². The number of rotatable bonds is 4. The second-order valence-electron chi connectivity index (χ2n) is 4.75. The van der Waals surface area contributed by atoms with Crippen molar-refractivity contribution in [2.45, 2.75) is 19.8 Å². The molecule has 20 heavy (non-hydrogen) atoms. The fourth-order valence-electron chi connectivity index (χ4n) is 1.84. The van der Waals surface area contributed by atoms with Gasteiger partial charge in [-0.15, -0.1) is 0 Å². The van der Waals surface area contributed by atoms with Gasteiger partial charge in [0.15, 0.2) is 5.75 Å². The van der Waals surface area contributed by atoms with E-state index in [2.05, 4.69) is 13.8 Å². The molecule has 0 spiro atoms. The number of hydrogen-bond acceptors (Lipinski definition) is 2. The van der Waals surface area contributed by atoms with Crippen LogP contribution in [-0.4, -0.2) is 11.1 Å². The van der Waals surface area contributed by atoms with E-state index in [9.17, 15) is 9.90 Å². The maximum absolute atomic E-state index is 11.2. The summed E-state index contributed by atoms with van der Waals surface area (Å²) in [6, 6.07) is 12.2. The van der Waals surface area contributed by atoms with Crippen molar-refractivity contribution in [1.29, 1.82) is 0 Å². The highest BCUT2D eigenvalue weighted by atomic mass is 35.5. The first-order chi connectivity index (χ1) is 9.49. The van der Waals surface area contributed by atoms with Crippen LogP contribution in [0.4, 0.5) is 0 Å². The van der Waals surface area contributed by atoms with Crippen molar-refractivity contribution in [1.82, 2.24) is 0 Å². The SMILES string of the molecule is CC(C)c1cccc(Oc2c(Cl)cccc2C(=O)O)c1. The standard InChI is InChI=1S/C16H15ClO3/c1-10(2)11-5-3-6-12(9-11)20-15-13(16(18)19)7-4-8-14(15)17/h3-10H,1-2H3,(H,18,19). The zero-order valence-corrected chi connectivity index (χ0v) is 12.0. The summed E-state index contributed by atoms with van der Waals surface area (Å²) in [5.74, 6) is 0.0422. The molecule has 2 rings (SSSR count). The Morgan fingerprint density at radius 3 is 2.55 bits per heavy atom. The van der Waals surface area contributed by atoms with Gasteiger partial charge < -0.3 is 9.84 Å². The highest BCUT2D eigenvalue weighted by Gasteiger charge is 2.15. The first-order valence-electron chi connectivity index (χ1n) is 6.28. The largest absolute Gasteiger partial charge is 0.478 e. The smallest absolute Gasteiger partial charge is 0.339 e. The lowest BCUT2D eigenvalue weighted by atomic mass is 10.0. The Bertz CT molecular complexity index is 635. The predicted octanol–water partition coefficient (Wildman–Crippen LogP) is 4.95. The van der Waals surface area contributed by atoms with E-state index in [1.807, 2.05) is 18.2 Å². The van der Waals surface area contributed by atoms with Gasteiger partial charge >= 0.3 is 5.97 Å². The molecule has 0 saturated heterocycles. The fourth-order valence-corrected chi connectivity index (χ4v) is 2.05. The molecule has 104 valence electrons. The van der Waals surface area contributed by atoms with Crippen LogP contribution in [0.5, 0.6) is 11.5 Å². The summed E-state index contributed by atoms with van der Waals surface area (Å²) in [5.41, 5.74) is 1.17. The summed E-state index contributed by atoms with van der Waals surface area (Å²) >= 11 is 6.04. The number of halogens is 1. The molecule has 0 aliphatic heterocycles. The Morgan fingerprint density at radius 2 is 1.90 bits per heavy atom. The average molecular weight is 291 g/mol. The molecule has 0 bridgehead atoms. The molecule has 0 saturated carbocycles. The predicted molar refractivity (Wildman–Crippen MR) is 79.0 cm³/mol. The van der Waals surface area contributed by atoms with E-state index in [1.54, 1.807) is 18.2 Å². The molecule has 3 nitrogen and oxygen atoms in total. The van der Waals surface area contributed by atoms with Gasteiger partial charge in [-0.25, -0.2) is 4.79 Å². The van der Waals surface area contributed by atoms with Crippen LogP contribution in [0, 0.1) is 0 Å². The third kappa shape index (κ3) is 3.11. The molecule has 2 aromatic carbocycles. The van der Waals surface area contributed by atoms with E-state index in [-0.39, 0.29) is 16.3 Å². The first-order valence-corrected chi connectivity index (χ1v) is 6.66. The van der Waals surface area contributed by atoms with E-state index >= 15 is 0 Å². The molecule has 0 heterocycles. The maximum Gasteiger partial charge on any atom is 0.339 e. The highest BCUT2D eigenvalue weighted by Crippen LogP contribution is 2.33. The van der Waals surface area contributed by atoms with E-state index in [4.69, 9.17) is 16.3 Å². The normalized spacial score (nSPS) is 10.6. The van der Waals surface area contributed by atoms with E-state index < -0.39 is 5.97 Å². The van der Waals surface area contributed by atoms with Crippen LogP contribution >= 0.6 is 11.6 Å². The number of hydrogen-bond donors (Lipinski definition) is 1. The Balaban J connectivity index is 2.40. The number of para-hydroxylation sites is 1. The maximum atomic E-state index is 11.2. The van der Waals surface area contributed by atoms with Gasteiger partial charge in [0.1, 0.15) is 11.3 Å². The molecule has 0 fully saturated rings. The Kier molecular flexibility index (Phi) is 4.30. The quantitative estimate of drug-likeness (QED) is 0.866.